The van der Waals surface area contributed by atoms with Crippen molar-refractivity contribution in [2.45, 2.75) is 6.54 Å². The number of nitrogens with zero attached hydrogens (tertiary/aromatic N) is 1. The normalized spacial score (nSPS) is 16.1. The standard InChI is InChI=1S/C19H16N2O3S/c1-24-15-9-7-13(8-10-15)11-16-17(22)20-19(25)21(18(16)23)12-14-5-3-2-4-6-14/h2-11H,12H2,1H3,(H,20,22,25). The van der Waals surface area contributed by atoms with Gasteiger partial charge in [0, 0.05) is 0 Å². The Morgan fingerprint density at radius 3 is 2.40 bits per heavy atom. The summed E-state index contributed by atoms with van der Waals surface area (Å²) in [6, 6.07) is 16.6. The number of amides is 2. The fourth-order valence-electron chi connectivity index (χ4n) is 2.47. The summed E-state index contributed by atoms with van der Waals surface area (Å²) in [5.41, 5.74) is 1.71. The van der Waals surface area contributed by atoms with Crippen molar-refractivity contribution in [1.82, 2.24) is 10.2 Å². The molecule has 126 valence electrons. The molecule has 25 heavy (non-hydrogen) atoms. The Kier molecular flexibility index (Phi) is 4.90. The predicted molar refractivity (Wildman–Crippen MR) is 98.7 cm³/mol. The van der Waals surface area contributed by atoms with Gasteiger partial charge in [-0.3, -0.25) is 19.8 Å². The zero-order valence-electron chi connectivity index (χ0n) is 13.6. The summed E-state index contributed by atoms with van der Waals surface area (Å²) in [5.74, 6) is -0.197. The molecule has 0 saturated carbocycles. The van der Waals surface area contributed by atoms with Gasteiger partial charge < -0.3 is 4.74 Å². The fraction of sp³-hybridized carbons (Fsp3) is 0.105. The maximum absolute atomic E-state index is 12.8. The molecular formula is C19H16N2O3S. The van der Waals surface area contributed by atoms with Crippen LogP contribution in [0.25, 0.3) is 6.08 Å². The number of carbonyl (C=O) groups excluding carboxylic acids is 2. The van der Waals surface area contributed by atoms with Crippen LogP contribution < -0.4 is 10.1 Å². The van der Waals surface area contributed by atoms with Gasteiger partial charge in [-0.2, -0.15) is 0 Å². The average Bonchev–Trinajstić information content (AvgIpc) is 2.63. The van der Waals surface area contributed by atoms with Gasteiger partial charge >= 0.3 is 0 Å². The lowest BCUT2D eigenvalue weighted by atomic mass is 10.1. The summed E-state index contributed by atoms with van der Waals surface area (Å²) in [5, 5.41) is 2.69. The highest BCUT2D eigenvalue weighted by Crippen LogP contribution is 2.19. The highest BCUT2D eigenvalue weighted by molar-refractivity contribution is 7.80. The Hall–Kier alpha value is -2.99. The lowest BCUT2D eigenvalue weighted by Crippen LogP contribution is -2.53. The van der Waals surface area contributed by atoms with E-state index in [4.69, 9.17) is 17.0 Å². The molecule has 0 bridgehead atoms. The van der Waals surface area contributed by atoms with Crippen molar-refractivity contribution in [3.8, 4) is 5.75 Å². The van der Waals surface area contributed by atoms with Crippen LogP contribution in [0.1, 0.15) is 11.1 Å². The summed E-state index contributed by atoms with van der Waals surface area (Å²) in [6.07, 6.45) is 1.55. The van der Waals surface area contributed by atoms with E-state index >= 15 is 0 Å². The number of methoxy groups -OCH3 is 1. The third-order valence-electron chi connectivity index (χ3n) is 3.80. The number of ether oxygens (including phenoxy) is 1. The van der Waals surface area contributed by atoms with Crippen LogP contribution in [0.4, 0.5) is 0 Å². The Labute approximate surface area is 150 Å². The molecule has 1 N–H and O–H groups in total. The van der Waals surface area contributed by atoms with Crippen LogP contribution in [-0.2, 0) is 16.1 Å². The first-order valence-corrected chi connectivity index (χ1v) is 8.06. The van der Waals surface area contributed by atoms with Gasteiger partial charge in [-0.1, -0.05) is 42.5 Å². The largest absolute Gasteiger partial charge is 0.497 e. The fourth-order valence-corrected chi connectivity index (χ4v) is 2.71. The van der Waals surface area contributed by atoms with E-state index in [1.165, 1.54) is 4.90 Å². The molecule has 1 aliphatic rings. The predicted octanol–water partition coefficient (Wildman–Crippen LogP) is 2.52. The van der Waals surface area contributed by atoms with Crippen molar-refractivity contribution < 1.29 is 14.3 Å². The van der Waals surface area contributed by atoms with Gasteiger partial charge in [0.1, 0.15) is 11.3 Å². The van der Waals surface area contributed by atoms with Crippen LogP contribution in [0.15, 0.2) is 60.2 Å². The third kappa shape index (κ3) is 3.75. The van der Waals surface area contributed by atoms with E-state index in [9.17, 15) is 9.59 Å². The number of carbonyl (C=O) groups is 2. The van der Waals surface area contributed by atoms with Crippen LogP contribution >= 0.6 is 12.2 Å². The molecule has 5 nitrogen and oxygen atoms in total. The Morgan fingerprint density at radius 2 is 1.76 bits per heavy atom. The number of thiocarbonyl (C=S) groups is 1. The van der Waals surface area contributed by atoms with Gasteiger partial charge in [0.25, 0.3) is 11.8 Å². The van der Waals surface area contributed by atoms with E-state index in [2.05, 4.69) is 5.32 Å². The van der Waals surface area contributed by atoms with E-state index in [-0.39, 0.29) is 10.7 Å². The molecule has 0 aliphatic carbocycles. The number of nitrogens with one attached hydrogen (secondary N) is 1. The molecule has 6 heteroatoms. The maximum atomic E-state index is 12.8. The van der Waals surface area contributed by atoms with Crippen molar-refractivity contribution >= 4 is 35.2 Å². The highest BCUT2D eigenvalue weighted by Gasteiger charge is 2.33. The smallest absolute Gasteiger partial charge is 0.265 e. The quantitative estimate of drug-likeness (QED) is 0.522. The van der Waals surface area contributed by atoms with E-state index < -0.39 is 11.8 Å². The summed E-state index contributed by atoms with van der Waals surface area (Å²) in [7, 11) is 1.58. The Balaban J connectivity index is 1.87. The summed E-state index contributed by atoms with van der Waals surface area (Å²) < 4.78 is 5.11. The average molecular weight is 352 g/mol. The van der Waals surface area contributed by atoms with E-state index in [0.717, 1.165) is 11.1 Å². The molecule has 2 aromatic rings. The van der Waals surface area contributed by atoms with Crippen molar-refractivity contribution in [2.24, 2.45) is 0 Å². The first-order valence-electron chi connectivity index (χ1n) is 7.65. The first-order chi connectivity index (χ1) is 12.1. The van der Waals surface area contributed by atoms with Crippen molar-refractivity contribution in [1.29, 1.82) is 0 Å². The zero-order valence-corrected chi connectivity index (χ0v) is 14.4. The molecule has 3 rings (SSSR count). The van der Waals surface area contributed by atoms with Gasteiger partial charge in [-0.15, -0.1) is 0 Å². The molecule has 0 aromatic heterocycles. The second-order valence-corrected chi connectivity index (χ2v) is 5.85. The number of hydrogen-bond donors (Lipinski definition) is 1. The lowest BCUT2D eigenvalue weighted by Gasteiger charge is -2.29. The summed E-state index contributed by atoms with van der Waals surface area (Å²) in [6.45, 7) is 0.304. The topological polar surface area (TPSA) is 58.6 Å². The van der Waals surface area contributed by atoms with Crippen molar-refractivity contribution in [2.75, 3.05) is 7.11 Å². The van der Waals surface area contributed by atoms with Crippen LogP contribution in [-0.4, -0.2) is 28.9 Å². The number of rotatable bonds is 4. The highest BCUT2D eigenvalue weighted by atomic mass is 32.1. The number of hydrogen-bond acceptors (Lipinski definition) is 4. The van der Waals surface area contributed by atoms with Gasteiger partial charge in [-0.25, -0.2) is 0 Å². The molecule has 2 amide bonds. The van der Waals surface area contributed by atoms with E-state index in [1.807, 2.05) is 30.3 Å². The minimum Gasteiger partial charge on any atom is -0.497 e. The van der Waals surface area contributed by atoms with E-state index in [1.54, 1.807) is 37.5 Å². The van der Waals surface area contributed by atoms with Crippen LogP contribution in [0.3, 0.4) is 0 Å². The van der Waals surface area contributed by atoms with Crippen LogP contribution in [0, 0.1) is 0 Å². The molecule has 2 aromatic carbocycles. The number of benzene rings is 2. The second-order valence-electron chi connectivity index (χ2n) is 5.47. The third-order valence-corrected chi connectivity index (χ3v) is 4.12. The zero-order chi connectivity index (χ0) is 17.8. The van der Waals surface area contributed by atoms with Gasteiger partial charge in [-0.05, 0) is 41.6 Å². The van der Waals surface area contributed by atoms with Gasteiger partial charge in [0.15, 0.2) is 5.11 Å². The van der Waals surface area contributed by atoms with Crippen LogP contribution in [0.5, 0.6) is 5.75 Å². The molecule has 0 atom stereocenters. The molecule has 1 aliphatic heterocycles. The molecule has 0 radical (unpaired) electrons. The summed E-state index contributed by atoms with van der Waals surface area (Å²) >= 11 is 5.16. The lowest BCUT2D eigenvalue weighted by molar-refractivity contribution is -0.129. The Bertz CT molecular complexity index is 845. The molecule has 1 fully saturated rings. The first kappa shape index (κ1) is 16.9. The van der Waals surface area contributed by atoms with Crippen LogP contribution in [0.2, 0.25) is 0 Å². The molecule has 1 heterocycles. The van der Waals surface area contributed by atoms with Crippen molar-refractivity contribution in [3.05, 3.63) is 71.3 Å². The second kappa shape index (κ2) is 7.27. The van der Waals surface area contributed by atoms with Gasteiger partial charge in [0.05, 0.1) is 13.7 Å². The molecule has 0 spiro atoms. The summed E-state index contributed by atoms with van der Waals surface area (Å²) in [4.78, 5) is 26.4. The van der Waals surface area contributed by atoms with Crippen molar-refractivity contribution in [3.63, 3.8) is 0 Å². The SMILES string of the molecule is COc1ccc(C=C2C(=O)NC(=S)N(Cc3ccccc3)C2=O)cc1. The van der Waals surface area contributed by atoms with Gasteiger partial charge in [0.2, 0.25) is 0 Å². The monoisotopic (exact) mass is 352 g/mol. The molecule has 0 unspecified atom stereocenters. The molecule has 1 saturated heterocycles. The minimum atomic E-state index is -0.491. The van der Waals surface area contributed by atoms with E-state index in [0.29, 0.717) is 12.3 Å². The molecular weight excluding hydrogens is 336 g/mol. The maximum Gasteiger partial charge on any atom is 0.265 e. The minimum absolute atomic E-state index is 0.0506. The Morgan fingerprint density at radius 1 is 1.08 bits per heavy atom.